The van der Waals surface area contributed by atoms with Gasteiger partial charge in [0.15, 0.2) is 0 Å². The molecule has 1 atom stereocenters. The van der Waals surface area contributed by atoms with E-state index in [2.05, 4.69) is 25.5 Å². The Morgan fingerprint density at radius 1 is 1.06 bits per heavy atom. The second-order valence-corrected chi connectivity index (χ2v) is 8.34. The maximum atomic E-state index is 13.0. The number of methoxy groups -OCH3 is 2. The van der Waals surface area contributed by atoms with Gasteiger partial charge in [-0.25, -0.2) is 14.8 Å². The maximum absolute atomic E-state index is 13.0. The van der Waals surface area contributed by atoms with Gasteiger partial charge in [-0.3, -0.25) is 0 Å². The number of urea groups is 1. The number of anilines is 1. The fraction of sp³-hybridized carbons (Fsp3) is 0.400. The third-order valence-electron chi connectivity index (χ3n) is 6.06. The number of rotatable bonds is 8. The molecular formula is C25H32N6O3. The quantitative estimate of drug-likeness (QED) is 0.531. The lowest BCUT2D eigenvalue weighted by molar-refractivity contribution is 0.237. The molecule has 1 fully saturated rings. The van der Waals surface area contributed by atoms with E-state index in [-0.39, 0.29) is 6.03 Å². The highest BCUT2D eigenvalue weighted by Crippen LogP contribution is 2.29. The summed E-state index contributed by atoms with van der Waals surface area (Å²) >= 11 is 0. The van der Waals surface area contributed by atoms with Crippen molar-refractivity contribution in [3.63, 3.8) is 0 Å². The Hall–Kier alpha value is -3.75. The van der Waals surface area contributed by atoms with Gasteiger partial charge in [0.25, 0.3) is 0 Å². The number of amides is 2. The van der Waals surface area contributed by atoms with Gasteiger partial charge in [0.05, 0.1) is 14.2 Å². The number of aryl methyl sites for hydroxylation is 1. The Bertz CT molecular complexity index is 1090. The summed E-state index contributed by atoms with van der Waals surface area (Å²) in [5, 5.41) is 6.07. The smallest absolute Gasteiger partial charge is 0.315 e. The summed E-state index contributed by atoms with van der Waals surface area (Å²) in [7, 11) is 5.09. The third kappa shape index (κ3) is 5.41. The number of nitrogens with one attached hydrogen (secondary N) is 2. The summed E-state index contributed by atoms with van der Waals surface area (Å²) in [4.78, 5) is 24.4. The Labute approximate surface area is 200 Å². The first kappa shape index (κ1) is 23.4. The van der Waals surface area contributed by atoms with Crippen LogP contribution in [0.1, 0.15) is 42.3 Å². The number of carbonyl (C=O) groups excluding carboxylic acids is 1. The van der Waals surface area contributed by atoms with Crippen molar-refractivity contribution in [3.8, 4) is 11.5 Å². The molecule has 9 nitrogen and oxygen atoms in total. The summed E-state index contributed by atoms with van der Waals surface area (Å²) < 4.78 is 12.7. The predicted molar refractivity (Wildman–Crippen MR) is 130 cm³/mol. The molecule has 4 rings (SSSR count). The van der Waals surface area contributed by atoms with Crippen molar-refractivity contribution in [1.29, 1.82) is 0 Å². The van der Waals surface area contributed by atoms with E-state index in [0.29, 0.717) is 23.9 Å². The Morgan fingerprint density at radius 3 is 2.44 bits per heavy atom. The molecule has 2 amide bonds. The second-order valence-electron chi connectivity index (χ2n) is 8.34. The largest absolute Gasteiger partial charge is 0.497 e. The van der Waals surface area contributed by atoms with Crippen LogP contribution in [0.5, 0.6) is 11.5 Å². The van der Waals surface area contributed by atoms with Crippen LogP contribution < -0.4 is 25.0 Å². The van der Waals surface area contributed by atoms with Crippen molar-refractivity contribution >= 4 is 11.8 Å². The lowest BCUT2D eigenvalue weighted by atomic mass is 10.1. The van der Waals surface area contributed by atoms with Crippen LogP contribution >= 0.6 is 0 Å². The number of hydrogen-bond donors (Lipinski definition) is 2. The predicted octanol–water partition coefficient (Wildman–Crippen LogP) is 3.41. The number of hydrogen-bond acceptors (Lipinski definition) is 6. The highest BCUT2D eigenvalue weighted by Gasteiger charge is 2.23. The van der Waals surface area contributed by atoms with Crippen LogP contribution in [-0.2, 0) is 13.6 Å². The van der Waals surface area contributed by atoms with Crippen molar-refractivity contribution in [3.05, 3.63) is 65.9 Å². The molecule has 2 N–H and O–H groups in total. The van der Waals surface area contributed by atoms with Gasteiger partial charge in [0.2, 0.25) is 0 Å². The Morgan fingerprint density at radius 2 is 1.79 bits per heavy atom. The Balaban J connectivity index is 1.52. The minimum atomic E-state index is -0.500. The highest BCUT2D eigenvalue weighted by atomic mass is 16.5. The normalized spacial score (nSPS) is 14.4. The molecule has 0 bridgehead atoms. The number of benzene rings is 1. The molecule has 1 saturated heterocycles. The monoisotopic (exact) mass is 464 g/mol. The molecule has 0 radical (unpaired) electrons. The molecule has 1 aliphatic heterocycles. The van der Waals surface area contributed by atoms with Crippen LogP contribution in [-0.4, -0.2) is 47.9 Å². The lowest BCUT2D eigenvalue weighted by Crippen LogP contribution is -2.39. The van der Waals surface area contributed by atoms with Crippen LogP contribution in [0.2, 0.25) is 0 Å². The van der Waals surface area contributed by atoms with E-state index in [1.165, 1.54) is 19.3 Å². The lowest BCUT2D eigenvalue weighted by Gasteiger charge is -2.29. The molecular weight excluding hydrogens is 432 g/mol. The van der Waals surface area contributed by atoms with E-state index in [4.69, 9.17) is 9.47 Å². The summed E-state index contributed by atoms with van der Waals surface area (Å²) in [6.45, 7) is 2.37. The second kappa shape index (κ2) is 10.9. The van der Waals surface area contributed by atoms with Crippen molar-refractivity contribution in [2.24, 2.45) is 7.05 Å². The zero-order valence-electron chi connectivity index (χ0n) is 20.0. The summed E-state index contributed by atoms with van der Waals surface area (Å²) in [5.41, 5.74) is 1.80. The maximum Gasteiger partial charge on any atom is 0.315 e. The van der Waals surface area contributed by atoms with Gasteiger partial charge >= 0.3 is 6.03 Å². The van der Waals surface area contributed by atoms with Crippen LogP contribution in [0.25, 0.3) is 0 Å². The van der Waals surface area contributed by atoms with Gasteiger partial charge in [0.1, 0.15) is 29.2 Å². The van der Waals surface area contributed by atoms with Crippen LogP contribution in [0, 0.1) is 0 Å². The van der Waals surface area contributed by atoms with Gasteiger partial charge in [-0.1, -0.05) is 6.07 Å². The van der Waals surface area contributed by atoms with Crippen LogP contribution in [0.3, 0.4) is 0 Å². The Kier molecular flexibility index (Phi) is 7.51. The van der Waals surface area contributed by atoms with Crippen LogP contribution in [0.4, 0.5) is 10.6 Å². The van der Waals surface area contributed by atoms with Gasteiger partial charge in [0, 0.05) is 56.9 Å². The van der Waals surface area contributed by atoms with Gasteiger partial charge in [-0.05, 0) is 43.0 Å². The van der Waals surface area contributed by atoms with E-state index in [1.54, 1.807) is 32.7 Å². The minimum Gasteiger partial charge on any atom is -0.497 e. The molecule has 2 aromatic heterocycles. The van der Waals surface area contributed by atoms with E-state index >= 15 is 0 Å². The summed E-state index contributed by atoms with van der Waals surface area (Å²) in [5.74, 6) is 2.91. The fourth-order valence-corrected chi connectivity index (χ4v) is 4.26. The van der Waals surface area contributed by atoms with Crippen LogP contribution in [0.15, 0.2) is 48.9 Å². The van der Waals surface area contributed by atoms with Crippen molar-refractivity contribution in [2.75, 3.05) is 32.2 Å². The molecule has 34 heavy (non-hydrogen) atoms. The molecule has 1 aliphatic rings. The van der Waals surface area contributed by atoms with E-state index in [1.807, 2.05) is 42.1 Å². The highest BCUT2D eigenvalue weighted by molar-refractivity contribution is 5.75. The zero-order valence-corrected chi connectivity index (χ0v) is 20.0. The number of pyridine rings is 1. The molecule has 0 aliphatic carbocycles. The molecule has 9 heteroatoms. The summed E-state index contributed by atoms with van der Waals surface area (Å²) in [6.07, 6.45) is 8.95. The average Bonchev–Trinajstić information content (AvgIpc) is 3.31. The number of carbonyl (C=O) groups is 1. The standard InChI is InChI=1S/C25H32N6O3/c1-30-13-10-27-24(30)22(19-14-20(33-2)16-21(15-19)34-3)29-25(32)28-17-18-8-7-9-26-23(18)31-11-5-4-6-12-31/h7-10,13-16,22H,4-6,11-12,17H2,1-3H3,(H2,28,29,32). The number of imidazole rings is 1. The molecule has 1 aromatic carbocycles. The van der Waals surface area contributed by atoms with Gasteiger partial charge in [-0.15, -0.1) is 0 Å². The average molecular weight is 465 g/mol. The summed E-state index contributed by atoms with van der Waals surface area (Å²) in [6, 6.07) is 8.66. The van der Waals surface area contributed by atoms with E-state index < -0.39 is 6.04 Å². The molecule has 1 unspecified atom stereocenters. The topological polar surface area (TPSA) is 93.5 Å². The zero-order chi connectivity index (χ0) is 23.9. The van der Waals surface area contributed by atoms with Gasteiger partial charge < -0.3 is 29.6 Å². The number of aromatic nitrogens is 3. The third-order valence-corrected chi connectivity index (χ3v) is 6.06. The number of ether oxygens (including phenoxy) is 2. The molecule has 3 heterocycles. The first-order valence-electron chi connectivity index (χ1n) is 11.5. The first-order valence-corrected chi connectivity index (χ1v) is 11.5. The first-order chi connectivity index (χ1) is 16.6. The van der Waals surface area contributed by atoms with E-state index in [9.17, 15) is 4.79 Å². The molecule has 3 aromatic rings. The molecule has 0 saturated carbocycles. The van der Waals surface area contributed by atoms with Gasteiger partial charge in [-0.2, -0.15) is 0 Å². The van der Waals surface area contributed by atoms with Crippen molar-refractivity contribution < 1.29 is 14.3 Å². The minimum absolute atomic E-state index is 0.303. The fourth-order valence-electron chi connectivity index (χ4n) is 4.26. The van der Waals surface area contributed by atoms with Crippen molar-refractivity contribution in [2.45, 2.75) is 31.8 Å². The SMILES string of the molecule is COc1cc(OC)cc(C(NC(=O)NCc2cccnc2N2CCCCC2)c2nccn2C)c1. The number of piperidine rings is 1. The van der Waals surface area contributed by atoms with E-state index in [0.717, 1.165) is 30.0 Å². The van der Waals surface area contributed by atoms with Crippen molar-refractivity contribution in [1.82, 2.24) is 25.2 Å². The molecule has 180 valence electrons. The molecule has 0 spiro atoms. The number of nitrogens with zero attached hydrogens (tertiary/aromatic N) is 4.